The molecule has 9 heteroatoms. The average molecular weight is 453 g/mol. The predicted molar refractivity (Wildman–Crippen MR) is 123 cm³/mol. The number of ether oxygens (including phenoxy) is 2. The molecule has 164 valence electrons. The third kappa shape index (κ3) is 4.24. The number of methoxy groups -OCH3 is 2. The standard InChI is InChI=1S/C23H21ClN4O4/c1-14-20(23(30)28(27(14)2)17-8-6-5-7-9-17)26-22(29)16(13-25)10-15-11-18(24)21(32-4)19(12-15)31-3/h5-12H,1-4H3,(H,26,29). The molecule has 0 atom stereocenters. The van der Waals surface area contributed by atoms with Crippen molar-refractivity contribution in [3.05, 3.63) is 74.7 Å². The van der Waals surface area contributed by atoms with Crippen LogP contribution in [0.5, 0.6) is 11.5 Å². The molecule has 0 aliphatic rings. The summed E-state index contributed by atoms with van der Waals surface area (Å²) < 4.78 is 13.5. The summed E-state index contributed by atoms with van der Waals surface area (Å²) in [5, 5.41) is 12.4. The molecule has 0 fully saturated rings. The number of nitrogens with one attached hydrogen (secondary N) is 1. The van der Waals surface area contributed by atoms with Crippen molar-refractivity contribution in [3.63, 3.8) is 0 Å². The van der Waals surface area contributed by atoms with Crippen LogP contribution in [-0.4, -0.2) is 29.5 Å². The molecule has 1 amide bonds. The van der Waals surface area contributed by atoms with Crippen LogP contribution in [0.2, 0.25) is 5.02 Å². The number of carbonyl (C=O) groups excluding carboxylic acids is 1. The van der Waals surface area contributed by atoms with E-state index in [4.69, 9.17) is 21.1 Å². The van der Waals surface area contributed by atoms with Crippen molar-refractivity contribution in [3.8, 4) is 23.3 Å². The van der Waals surface area contributed by atoms with E-state index in [-0.39, 0.29) is 16.3 Å². The summed E-state index contributed by atoms with van der Waals surface area (Å²) in [7, 11) is 4.62. The molecule has 3 rings (SSSR count). The quantitative estimate of drug-likeness (QED) is 0.454. The lowest BCUT2D eigenvalue weighted by atomic mass is 10.1. The molecule has 0 unspecified atom stereocenters. The van der Waals surface area contributed by atoms with Gasteiger partial charge in [-0.05, 0) is 42.8 Å². The monoisotopic (exact) mass is 452 g/mol. The summed E-state index contributed by atoms with van der Waals surface area (Å²) >= 11 is 6.20. The highest BCUT2D eigenvalue weighted by atomic mass is 35.5. The van der Waals surface area contributed by atoms with Crippen LogP contribution in [0.1, 0.15) is 11.3 Å². The first kappa shape index (κ1) is 22.7. The maximum atomic E-state index is 13.0. The molecule has 0 radical (unpaired) electrons. The summed E-state index contributed by atoms with van der Waals surface area (Å²) in [6, 6.07) is 14.0. The second-order valence-electron chi connectivity index (χ2n) is 6.80. The minimum Gasteiger partial charge on any atom is -0.493 e. The largest absolute Gasteiger partial charge is 0.493 e. The first-order chi connectivity index (χ1) is 15.3. The van der Waals surface area contributed by atoms with Gasteiger partial charge in [-0.2, -0.15) is 5.26 Å². The van der Waals surface area contributed by atoms with Crippen LogP contribution in [-0.2, 0) is 11.8 Å². The Morgan fingerprint density at radius 2 is 1.88 bits per heavy atom. The van der Waals surface area contributed by atoms with Crippen molar-refractivity contribution in [2.75, 3.05) is 19.5 Å². The Morgan fingerprint density at radius 1 is 1.19 bits per heavy atom. The third-order valence-corrected chi connectivity index (χ3v) is 5.21. The van der Waals surface area contributed by atoms with Gasteiger partial charge < -0.3 is 14.8 Å². The number of hydrogen-bond donors (Lipinski definition) is 1. The number of nitrogens with zero attached hydrogens (tertiary/aromatic N) is 3. The van der Waals surface area contributed by atoms with E-state index in [9.17, 15) is 14.9 Å². The lowest BCUT2D eigenvalue weighted by molar-refractivity contribution is -0.112. The van der Waals surface area contributed by atoms with Crippen LogP contribution in [0.25, 0.3) is 11.8 Å². The zero-order valence-corrected chi connectivity index (χ0v) is 18.7. The molecule has 3 aromatic rings. The Kier molecular flexibility index (Phi) is 6.71. The highest BCUT2D eigenvalue weighted by Gasteiger charge is 2.20. The second kappa shape index (κ2) is 9.45. The first-order valence-electron chi connectivity index (χ1n) is 9.51. The number of carbonyl (C=O) groups is 1. The fraction of sp³-hybridized carbons (Fsp3) is 0.174. The normalized spacial score (nSPS) is 11.1. The number of para-hydroxylation sites is 1. The van der Waals surface area contributed by atoms with Crippen molar-refractivity contribution >= 4 is 29.3 Å². The molecule has 32 heavy (non-hydrogen) atoms. The minimum atomic E-state index is -0.718. The molecule has 2 aromatic carbocycles. The maximum absolute atomic E-state index is 13.0. The molecule has 1 N–H and O–H groups in total. The number of aromatic nitrogens is 2. The van der Waals surface area contributed by atoms with Gasteiger partial charge in [0.1, 0.15) is 17.3 Å². The summed E-state index contributed by atoms with van der Waals surface area (Å²) in [4.78, 5) is 25.8. The van der Waals surface area contributed by atoms with Crippen molar-refractivity contribution in [1.82, 2.24) is 9.36 Å². The van der Waals surface area contributed by atoms with Gasteiger partial charge in [-0.3, -0.25) is 14.3 Å². The van der Waals surface area contributed by atoms with Gasteiger partial charge in [-0.15, -0.1) is 0 Å². The molecular formula is C23H21ClN4O4. The maximum Gasteiger partial charge on any atom is 0.295 e. The van der Waals surface area contributed by atoms with E-state index >= 15 is 0 Å². The third-order valence-electron chi connectivity index (χ3n) is 4.92. The summed E-state index contributed by atoms with van der Waals surface area (Å²) in [5.74, 6) is -0.0198. The van der Waals surface area contributed by atoms with Gasteiger partial charge >= 0.3 is 0 Å². The lowest BCUT2D eigenvalue weighted by Gasteiger charge is -2.10. The molecule has 0 aliphatic heterocycles. The van der Waals surface area contributed by atoms with Gasteiger partial charge in [0, 0.05) is 7.05 Å². The van der Waals surface area contributed by atoms with Crippen molar-refractivity contribution < 1.29 is 14.3 Å². The SMILES string of the molecule is COc1cc(C=C(C#N)C(=O)Nc2c(C)n(C)n(-c3ccccc3)c2=O)cc(Cl)c1OC. The predicted octanol–water partition coefficient (Wildman–Crippen LogP) is 3.70. The zero-order chi connectivity index (χ0) is 23.4. The van der Waals surface area contributed by atoms with Gasteiger partial charge in [0.05, 0.1) is 30.6 Å². The van der Waals surface area contributed by atoms with E-state index in [0.29, 0.717) is 28.4 Å². The Hall–Kier alpha value is -3.96. The van der Waals surface area contributed by atoms with Crippen molar-refractivity contribution in [2.45, 2.75) is 6.92 Å². The van der Waals surface area contributed by atoms with E-state index in [1.807, 2.05) is 24.3 Å². The molecule has 1 heterocycles. The molecule has 0 bridgehead atoms. The van der Waals surface area contributed by atoms with E-state index in [1.165, 1.54) is 25.0 Å². The topological polar surface area (TPSA) is 98.3 Å². The van der Waals surface area contributed by atoms with Gasteiger partial charge in [-0.1, -0.05) is 29.8 Å². The van der Waals surface area contributed by atoms with E-state index in [0.717, 1.165) is 0 Å². The van der Waals surface area contributed by atoms with E-state index in [1.54, 1.807) is 42.9 Å². The summed E-state index contributed by atoms with van der Waals surface area (Å²) in [5.41, 5.74) is 1.13. The van der Waals surface area contributed by atoms with Crippen LogP contribution in [0.4, 0.5) is 5.69 Å². The van der Waals surface area contributed by atoms with E-state index in [2.05, 4.69) is 5.32 Å². The highest BCUT2D eigenvalue weighted by molar-refractivity contribution is 6.32. The number of benzene rings is 2. The van der Waals surface area contributed by atoms with Crippen LogP contribution in [0.15, 0.2) is 52.8 Å². The summed E-state index contributed by atoms with van der Waals surface area (Å²) in [6.45, 7) is 1.71. The second-order valence-corrected chi connectivity index (χ2v) is 7.21. The number of hydrogen-bond acceptors (Lipinski definition) is 5. The molecule has 0 aliphatic carbocycles. The van der Waals surface area contributed by atoms with Gasteiger partial charge in [0.2, 0.25) is 0 Å². The van der Waals surface area contributed by atoms with Crippen LogP contribution in [0, 0.1) is 18.3 Å². The molecule has 0 saturated carbocycles. The molecule has 0 spiro atoms. The van der Waals surface area contributed by atoms with Gasteiger partial charge in [-0.25, -0.2) is 4.68 Å². The molecule has 8 nitrogen and oxygen atoms in total. The average Bonchev–Trinajstić information content (AvgIpc) is 3.00. The van der Waals surface area contributed by atoms with E-state index < -0.39 is 11.5 Å². The molecular weight excluding hydrogens is 432 g/mol. The van der Waals surface area contributed by atoms with Crippen molar-refractivity contribution in [1.29, 1.82) is 5.26 Å². The van der Waals surface area contributed by atoms with Gasteiger partial charge in [0.25, 0.3) is 11.5 Å². The van der Waals surface area contributed by atoms with Crippen LogP contribution < -0.4 is 20.3 Å². The fourth-order valence-corrected chi connectivity index (χ4v) is 3.53. The van der Waals surface area contributed by atoms with Crippen LogP contribution in [0.3, 0.4) is 0 Å². The zero-order valence-electron chi connectivity index (χ0n) is 18.0. The molecule has 1 aromatic heterocycles. The molecule has 0 saturated heterocycles. The number of rotatable bonds is 6. The smallest absolute Gasteiger partial charge is 0.295 e. The fourth-order valence-electron chi connectivity index (χ4n) is 3.23. The Balaban J connectivity index is 1.98. The number of anilines is 1. The van der Waals surface area contributed by atoms with Crippen LogP contribution >= 0.6 is 11.6 Å². The number of amides is 1. The Morgan fingerprint density at radius 3 is 2.47 bits per heavy atom. The highest BCUT2D eigenvalue weighted by Crippen LogP contribution is 2.36. The lowest BCUT2D eigenvalue weighted by Crippen LogP contribution is -2.23. The Labute approximate surface area is 189 Å². The van der Waals surface area contributed by atoms with Crippen molar-refractivity contribution in [2.24, 2.45) is 7.05 Å². The first-order valence-corrected chi connectivity index (χ1v) is 9.88. The summed E-state index contributed by atoms with van der Waals surface area (Å²) in [6.07, 6.45) is 1.36. The Bertz CT molecular complexity index is 1300. The van der Waals surface area contributed by atoms with Gasteiger partial charge in [0.15, 0.2) is 11.5 Å². The minimum absolute atomic E-state index is 0.0906. The number of nitriles is 1. The number of halogens is 1.